The molecule has 2 aliphatic heterocycles. The van der Waals surface area contributed by atoms with Crippen molar-refractivity contribution in [3.05, 3.63) is 108 Å². The lowest BCUT2D eigenvalue weighted by molar-refractivity contribution is 0.0740. The summed E-state index contributed by atoms with van der Waals surface area (Å²) in [5.74, 6) is 2.05. The number of amides is 1. The van der Waals surface area contributed by atoms with Crippen LogP contribution < -0.4 is 20.9 Å². The van der Waals surface area contributed by atoms with Crippen LogP contribution in [-0.4, -0.2) is 63.6 Å². The topological polar surface area (TPSA) is 119 Å². The van der Waals surface area contributed by atoms with Crippen molar-refractivity contribution in [1.82, 2.24) is 25.2 Å². The van der Waals surface area contributed by atoms with Gasteiger partial charge in [-0.05, 0) is 74.1 Å². The molecule has 4 heterocycles. The van der Waals surface area contributed by atoms with Gasteiger partial charge in [-0.25, -0.2) is 9.97 Å². The number of likely N-dealkylation sites (tertiary alicyclic amines) is 1. The molecular formula is C36H42N8O2. The maximum Gasteiger partial charge on any atom is 0.256 e. The highest BCUT2D eigenvalue weighted by atomic mass is 16.3. The van der Waals surface area contributed by atoms with Crippen LogP contribution in [0.1, 0.15) is 41.9 Å². The Bertz CT molecular complexity index is 1640. The maximum absolute atomic E-state index is 12.9. The standard InChI is InChI=1S/C36H42N8O2/c1-4-17-37-34(45)30-19-38-35(42-33(30)41-32-12-8-11-31(40-32)36(2,3)46)39-28-13-15-29(16-14-28)44-23-26-18-27(24-44)22-43(21-26)20-25-9-6-5-7-10-25/h4-16,19,26-27,46H,1,17-18,20-24H2,2-3H3,(H,37,45)(H2,38,39,40,41,42). The molecule has 2 fully saturated rings. The number of rotatable bonds is 11. The second-order valence-electron chi connectivity index (χ2n) is 12.8. The Morgan fingerprint density at radius 1 is 0.957 bits per heavy atom. The largest absolute Gasteiger partial charge is 0.384 e. The molecule has 2 aliphatic rings. The number of benzene rings is 2. The van der Waals surface area contributed by atoms with E-state index in [9.17, 15) is 9.90 Å². The number of hydrogen-bond acceptors (Lipinski definition) is 9. The van der Waals surface area contributed by atoms with Crippen LogP contribution in [0.2, 0.25) is 0 Å². The summed E-state index contributed by atoms with van der Waals surface area (Å²) in [6.45, 7) is 12.7. The summed E-state index contributed by atoms with van der Waals surface area (Å²) >= 11 is 0. The molecule has 4 aromatic rings. The van der Waals surface area contributed by atoms with Crippen LogP contribution in [0, 0.1) is 11.8 Å². The molecule has 10 heteroatoms. The van der Waals surface area contributed by atoms with Crippen LogP contribution in [-0.2, 0) is 12.1 Å². The molecular weight excluding hydrogens is 576 g/mol. The van der Waals surface area contributed by atoms with Crippen LogP contribution >= 0.6 is 0 Å². The monoisotopic (exact) mass is 618 g/mol. The van der Waals surface area contributed by atoms with Gasteiger partial charge in [0.15, 0.2) is 0 Å². The van der Waals surface area contributed by atoms with Gasteiger partial charge in [0.2, 0.25) is 5.95 Å². The first-order chi connectivity index (χ1) is 22.2. The van der Waals surface area contributed by atoms with Crippen molar-refractivity contribution in [3.8, 4) is 0 Å². The fraction of sp³-hybridized carbons (Fsp3) is 0.333. The summed E-state index contributed by atoms with van der Waals surface area (Å²) in [4.78, 5) is 31.6. The number of piperidine rings is 2. The molecule has 2 atom stereocenters. The lowest BCUT2D eigenvalue weighted by atomic mass is 9.84. The maximum atomic E-state index is 12.9. The van der Waals surface area contributed by atoms with E-state index < -0.39 is 5.60 Å². The first kappa shape index (κ1) is 31.2. The van der Waals surface area contributed by atoms with E-state index in [0.29, 0.717) is 35.8 Å². The lowest BCUT2D eigenvalue weighted by Crippen LogP contribution is -2.52. The Balaban J connectivity index is 1.13. The molecule has 2 aromatic carbocycles. The molecule has 0 radical (unpaired) electrons. The predicted molar refractivity (Wildman–Crippen MR) is 183 cm³/mol. The van der Waals surface area contributed by atoms with Crippen LogP contribution in [0.15, 0.2) is 91.6 Å². The number of anilines is 5. The van der Waals surface area contributed by atoms with Gasteiger partial charge in [-0.1, -0.05) is 42.5 Å². The molecule has 46 heavy (non-hydrogen) atoms. The number of nitrogens with one attached hydrogen (secondary N) is 3. The zero-order valence-corrected chi connectivity index (χ0v) is 26.5. The lowest BCUT2D eigenvalue weighted by Gasteiger charge is -2.46. The first-order valence-corrected chi connectivity index (χ1v) is 15.8. The summed E-state index contributed by atoms with van der Waals surface area (Å²) in [6.07, 6.45) is 4.39. The smallest absolute Gasteiger partial charge is 0.256 e. The van der Waals surface area contributed by atoms with Crippen molar-refractivity contribution in [2.24, 2.45) is 11.8 Å². The number of pyridine rings is 1. The Kier molecular flexibility index (Phi) is 9.28. The van der Waals surface area contributed by atoms with Crippen LogP contribution in [0.5, 0.6) is 0 Å². The van der Waals surface area contributed by atoms with E-state index in [2.05, 4.69) is 89.7 Å². The van der Waals surface area contributed by atoms with E-state index in [1.54, 1.807) is 38.1 Å². The van der Waals surface area contributed by atoms with Gasteiger partial charge < -0.3 is 26.0 Å². The average Bonchev–Trinajstić information content (AvgIpc) is 3.04. The number of carbonyl (C=O) groups excluding carboxylic acids is 1. The number of aliphatic hydroxyl groups is 1. The van der Waals surface area contributed by atoms with Gasteiger partial charge in [-0.3, -0.25) is 9.69 Å². The minimum atomic E-state index is -1.12. The number of hydrogen-bond donors (Lipinski definition) is 4. The number of nitrogens with zero attached hydrogens (tertiary/aromatic N) is 5. The Morgan fingerprint density at radius 2 is 1.70 bits per heavy atom. The van der Waals surface area contributed by atoms with Gasteiger partial charge >= 0.3 is 0 Å². The van der Waals surface area contributed by atoms with Crippen molar-refractivity contribution in [3.63, 3.8) is 0 Å². The zero-order valence-electron chi connectivity index (χ0n) is 26.5. The zero-order chi connectivity index (χ0) is 32.1. The third kappa shape index (κ3) is 7.70. The summed E-state index contributed by atoms with van der Waals surface area (Å²) in [6, 6.07) is 24.4. The average molecular weight is 619 g/mol. The molecule has 0 aliphatic carbocycles. The molecule has 10 nitrogen and oxygen atoms in total. The highest BCUT2D eigenvalue weighted by Crippen LogP contribution is 2.33. The van der Waals surface area contributed by atoms with E-state index in [1.807, 2.05) is 12.1 Å². The molecule has 0 spiro atoms. The van der Waals surface area contributed by atoms with E-state index in [-0.39, 0.29) is 17.3 Å². The molecule has 2 saturated heterocycles. The van der Waals surface area contributed by atoms with Crippen molar-refractivity contribution in [1.29, 1.82) is 0 Å². The van der Waals surface area contributed by atoms with Gasteiger partial charge in [-0.15, -0.1) is 6.58 Å². The predicted octanol–water partition coefficient (Wildman–Crippen LogP) is 5.46. The minimum absolute atomic E-state index is 0.260. The van der Waals surface area contributed by atoms with Crippen molar-refractivity contribution in [2.75, 3.05) is 48.3 Å². The SMILES string of the molecule is C=CCNC(=O)c1cnc(Nc2ccc(N3CC4CC(CN(Cc5ccccc5)C4)C3)cc2)nc1Nc1cccc(C(C)(C)O)n1. The highest BCUT2D eigenvalue weighted by molar-refractivity contribution is 5.99. The van der Waals surface area contributed by atoms with Gasteiger partial charge in [0, 0.05) is 56.8 Å². The molecule has 2 aromatic heterocycles. The van der Waals surface area contributed by atoms with Gasteiger partial charge in [0.25, 0.3) is 5.91 Å². The Morgan fingerprint density at radius 3 is 2.39 bits per heavy atom. The van der Waals surface area contributed by atoms with E-state index in [1.165, 1.54) is 23.9 Å². The third-order valence-electron chi connectivity index (χ3n) is 8.46. The molecule has 2 bridgehead atoms. The van der Waals surface area contributed by atoms with Crippen molar-refractivity contribution < 1.29 is 9.90 Å². The quantitative estimate of drug-likeness (QED) is 0.163. The third-order valence-corrected chi connectivity index (χ3v) is 8.46. The first-order valence-electron chi connectivity index (χ1n) is 15.8. The van der Waals surface area contributed by atoms with E-state index in [0.717, 1.165) is 38.4 Å². The molecule has 1 amide bonds. The summed E-state index contributed by atoms with van der Waals surface area (Å²) in [5.41, 5.74) is 3.07. The van der Waals surface area contributed by atoms with Crippen LogP contribution in [0.4, 0.5) is 29.0 Å². The highest BCUT2D eigenvalue weighted by Gasteiger charge is 2.34. The van der Waals surface area contributed by atoms with Crippen LogP contribution in [0.3, 0.4) is 0 Å². The van der Waals surface area contributed by atoms with E-state index in [4.69, 9.17) is 0 Å². The second kappa shape index (κ2) is 13.7. The molecule has 6 rings (SSSR count). The van der Waals surface area contributed by atoms with Crippen LogP contribution in [0.25, 0.3) is 0 Å². The fourth-order valence-corrected chi connectivity index (χ4v) is 6.38. The number of carbonyl (C=O) groups is 1. The van der Waals surface area contributed by atoms with Gasteiger partial charge in [-0.2, -0.15) is 4.98 Å². The fourth-order valence-electron chi connectivity index (χ4n) is 6.38. The van der Waals surface area contributed by atoms with Gasteiger partial charge in [0.05, 0.1) is 5.69 Å². The summed E-state index contributed by atoms with van der Waals surface area (Å²) in [7, 11) is 0. The Labute approximate surface area is 270 Å². The number of aromatic nitrogens is 3. The van der Waals surface area contributed by atoms with Gasteiger partial charge in [0.1, 0.15) is 22.8 Å². The molecule has 0 saturated carbocycles. The molecule has 4 N–H and O–H groups in total. The van der Waals surface area contributed by atoms with E-state index >= 15 is 0 Å². The molecule has 2 unspecified atom stereocenters. The Hall–Kier alpha value is -4.80. The number of fused-ring (bicyclic) bond motifs is 2. The van der Waals surface area contributed by atoms with Crippen molar-refractivity contribution in [2.45, 2.75) is 32.4 Å². The second-order valence-corrected chi connectivity index (χ2v) is 12.8. The summed E-state index contributed by atoms with van der Waals surface area (Å²) < 4.78 is 0. The summed E-state index contributed by atoms with van der Waals surface area (Å²) in [5, 5.41) is 19.6. The minimum Gasteiger partial charge on any atom is -0.384 e. The normalized spacial score (nSPS) is 18.1. The van der Waals surface area contributed by atoms with Crippen molar-refractivity contribution >= 4 is 34.9 Å². The molecule has 238 valence electrons.